The van der Waals surface area contributed by atoms with Gasteiger partial charge in [-0.1, -0.05) is 23.7 Å². The molecule has 0 radical (unpaired) electrons. The third kappa shape index (κ3) is 5.59. The zero-order valence-corrected chi connectivity index (χ0v) is 17.8. The second-order valence-corrected chi connectivity index (χ2v) is 8.24. The zero-order valence-electron chi connectivity index (χ0n) is 15.4. The lowest BCUT2D eigenvalue weighted by Gasteiger charge is -2.09. The molecule has 0 atom stereocenters. The van der Waals surface area contributed by atoms with Crippen LogP contribution in [-0.4, -0.2) is 24.2 Å². The van der Waals surface area contributed by atoms with Crippen LogP contribution in [0.3, 0.4) is 0 Å². The average Bonchev–Trinajstić information content (AvgIpc) is 3.12. The molecule has 0 saturated carbocycles. The molecule has 3 aromatic rings. The summed E-state index contributed by atoms with van der Waals surface area (Å²) in [6.45, 7) is 1.92. The van der Waals surface area contributed by atoms with Crippen LogP contribution in [0.1, 0.15) is 17.3 Å². The van der Waals surface area contributed by atoms with E-state index in [2.05, 4.69) is 5.32 Å². The summed E-state index contributed by atoms with van der Waals surface area (Å²) in [5, 5.41) is 5.58. The minimum atomic E-state index is -0.534. The van der Waals surface area contributed by atoms with Gasteiger partial charge in [-0.2, -0.15) is 0 Å². The van der Waals surface area contributed by atoms with E-state index in [0.29, 0.717) is 21.2 Å². The van der Waals surface area contributed by atoms with Gasteiger partial charge in [-0.05, 0) is 48.9 Å². The van der Waals surface area contributed by atoms with Crippen LogP contribution < -0.4 is 5.32 Å². The van der Waals surface area contributed by atoms with Crippen molar-refractivity contribution in [2.24, 2.45) is 0 Å². The van der Waals surface area contributed by atoms with Gasteiger partial charge >= 0.3 is 5.97 Å². The van der Waals surface area contributed by atoms with Gasteiger partial charge in [0.1, 0.15) is 16.4 Å². The molecular weight excluding hydrogens is 433 g/mol. The summed E-state index contributed by atoms with van der Waals surface area (Å²) in [4.78, 5) is 25.9. The highest BCUT2D eigenvalue weighted by Crippen LogP contribution is 2.36. The smallest absolute Gasteiger partial charge is 0.341 e. The Morgan fingerprint density at radius 2 is 1.83 bits per heavy atom. The molecule has 0 aliphatic heterocycles. The standard InChI is InChI=1S/C21H17ClFNO3S2/c1-2-27-21(26)19-17(13-3-7-15(23)8-4-13)11-29-20(19)24-18(25)12-28-16-9-5-14(22)6-10-16/h3-11H,2,12H2,1H3,(H,24,25). The van der Waals surface area contributed by atoms with E-state index in [-0.39, 0.29) is 29.6 Å². The van der Waals surface area contributed by atoms with Crippen LogP contribution in [0.15, 0.2) is 58.8 Å². The van der Waals surface area contributed by atoms with Gasteiger partial charge in [-0.25, -0.2) is 9.18 Å². The van der Waals surface area contributed by atoms with E-state index in [1.807, 2.05) is 12.1 Å². The number of amides is 1. The molecule has 150 valence electrons. The number of anilines is 1. The highest BCUT2D eigenvalue weighted by atomic mass is 35.5. The molecule has 0 aliphatic rings. The number of benzene rings is 2. The van der Waals surface area contributed by atoms with Crippen molar-refractivity contribution < 1.29 is 18.7 Å². The largest absolute Gasteiger partial charge is 0.462 e. The van der Waals surface area contributed by atoms with Crippen molar-refractivity contribution in [1.82, 2.24) is 0 Å². The van der Waals surface area contributed by atoms with Gasteiger partial charge in [0.05, 0.1) is 12.4 Å². The first kappa shape index (κ1) is 21.4. The number of nitrogens with one attached hydrogen (secondary N) is 1. The van der Waals surface area contributed by atoms with Crippen molar-refractivity contribution >= 4 is 51.6 Å². The first-order valence-electron chi connectivity index (χ1n) is 8.70. The van der Waals surface area contributed by atoms with Crippen molar-refractivity contribution in [1.29, 1.82) is 0 Å². The van der Waals surface area contributed by atoms with E-state index in [0.717, 1.165) is 4.90 Å². The fourth-order valence-corrected chi connectivity index (χ4v) is 4.34. The normalized spacial score (nSPS) is 10.6. The van der Waals surface area contributed by atoms with E-state index in [9.17, 15) is 14.0 Å². The van der Waals surface area contributed by atoms with Crippen molar-refractivity contribution in [3.8, 4) is 11.1 Å². The Morgan fingerprint density at radius 3 is 2.48 bits per heavy atom. The number of carbonyl (C=O) groups is 2. The second kappa shape index (κ2) is 9.91. The first-order chi connectivity index (χ1) is 14.0. The fraction of sp³-hybridized carbons (Fsp3) is 0.143. The molecule has 29 heavy (non-hydrogen) atoms. The second-order valence-electron chi connectivity index (χ2n) is 5.87. The monoisotopic (exact) mass is 449 g/mol. The number of thiophene rings is 1. The van der Waals surface area contributed by atoms with Gasteiger partial charge in [-0.3, -0.25) is 4.79 Å². The van der Waals surface area contributed by atoms with Crippen molar-refractivity contribution in [3.05, 3.63) is 70.3 Å². The number of esters is 1. The predicted octanol–water partition coefficient (Wildman–Crippen LogP) is 6.12. The number of hydrogen-bond acceptors (Lipinski definition) is 5. The summed E-state index contributed by atoms with van der Waals surface area (Å²) in [6, 6.07) is 13.0. The lowest BCUT2D eigenvalue weighted by Crippen LogP contribution is -2.16. The summed E-state index contributed by atoms with van der Waals surface area (Å²) in [6.07, 6.45) is 0. The Bertz CT molecular complexity index is 1000. The van der Waals surface area contributed by atoms with Crippen LogP contribution in [0.5, 0.6) is 0 Å². The number of ether oxygens (including phenoxy) is 1. The topological polar surface area (TPSA) is 55.4 Å². The lowest BCUT2D eigenvalue weighted by molar-refractivity contribution is -0.113. The van der Waals surface area contributed by atoms with E-state index in [4.69, 9.17) is 16.3 Å². The molecule has 4 nitrogen and oxygen atoms in total. The zero-order chi connectivity index (χ0) is 20.8. The Morgan fingerprint density at radius 1 is 1.14 bits per heavy atom. The predicted molar refractivity (Wildman–Crippen MR) is 116 cm³/mol. The molecular formula is C21H17ClFNO3S2. The molecule has 0 unspecified atom stereocenters. The van der Waals surface area contributed by atoms with E-state index in [1.54, 1.807) is 36.6 Å². The highest BCUT2D eigenvalue weighted by molar-refractivity contribution is 8.00. The minimum absolute atomic E-state index is 0.174. The highest BCUT2D eigenvalue weighted by Gasteiger charge is 2.22. The maximum absolute atomic E-state index is 13.3. The number of thioether (sulfide) groups is 1. The van der Waals surface area contributed by atoms with Gasteiger partial charge in [-0.15, -0.1) is 23.1 Å². The molecule has 0 bridgehead atoms. The molecule has 8 heteroatoms. The summed E-state index contributed by atoms with van der Waals surface area (Å²) in [7, 11) is 0. The number of hydrogen-bond donors (Lipinski definition) is 1. The molecule has 3 rings (SSSR count). The first-order valence-corrected chi connectivity index (χ1v) is 10.9. The van der Waals surface area contributed by atoms with Crippen molar-refractivity contribution in [2.45, 2.75) is 11.8 Å². The molecule has 0 spiro atoms. The van der Waals surface area contributed by atoms with Crippen LogP contribution in [0, 0.1) is 5.82 Å². The molecule has 1 N–H and O–H groups in total. The van der Waals surface area contributed by atoms with Crippen LogP contribution in [0.4, 0.5) is 9.39 Å². The molecule has 1 amide bonds. The number of carbonyl (C=O) groups excluding carboxylic acids is 2. The molecule has 1 heterocycles. The Hall–Kier alpha value is -2.35. The van der Waals surface area contributed by atoms with Crippen molar-refractivity contribution in [3.63, 3.8) is 0 Å². The van der Waals surface area contributed by atoms with Crippen LogP contribution in [0.25, 0.3) is 11.1 Å². The fourth-order valence-electron chi connectivity index (χ4n) is 2.54. The molecule has 0 aliphatic carbocycles. The maximum atomic E-state index is 13.3. The summed E-state index contributed by atoms with van der Waals surface area (Å²) in [5.41, 5.74) is 1.53. The van der Waals surface area contributed by atoms with Gasteiger partial charge in [0, 0.05) is 20.9 Å². The third-order valence-electron chi connectivity index (χ3n) is 3.86. The molecule has 1 aromatic heterocycles. The average molecular weight is 450 g/mol. The SMILES string of the molecule is CCOC(=O)c1c(-c2ccc(F)cc2)csc1NC(=O)CSc1ccc(Cl)cc1. The Balaban J connectivity index is 1.78. The molecule has 2 aromatic carbocycles. The molecule has 0 saturated heterocycles. The van der Waals surface area contributed by atoms with Gasteiger partial charge in [0.2, 0.25) is 5.91 Å². The van der Waals surface area contributed by atoms with E-state index >= 15 is 0 Å². The van der Waals surface area contributed by atoms with E-state index < -0.39 is 5.97 Å². The van der Waals surface area contributed by atoms with Gasteiger partial charge < -0.3 is 10.1 Å². The quantitative estimate of drug-likeness (QED) is 0.349. The van der Waals surface area contributed by atoms with Crippen molar-refractivity contribution in [2.75, 3.05) is 17.7 Å². The van der Waals surface area contributed by atoms with E-state index in [1.165, 1.54) is 35.2 Å². The number of rotatable bonds is 7. The maximum Gasteiger partial charge on any atom is 0.341 e. The summed E-state index contributed by atoms with van der Waals surface area (Å²) in [5.74, 6) is -0.973. The third-order valence-corrected chi connectivity index (χ3v) is 6.02. The Kier molecular flexibility index (Phi) is 7.30. The summed E-state index contributed by atoms with van der Waals surface area (Å²) < 4.78 is 18.4. The van der Waals surface area contributed by atoms with Crippen LogP contribution in [0.2, 0.25) is 5.02 Å². The number of halogens is 2. The molecule has 0 fully saturated rings. The Labute approximate surface area is 181 Å². The van der Waals surface area contributed by atoms with Gasteiger partial charge in [0.15, 0.2) is 0 Å². The summed E-state index contributed by atoms with van der Waals surface area (Å²) >= 11 is 8.45. The minimum Gasteiger partial charge on any atom is -0.462 e. The van der Waals surface area contributed by atoms with Crippen LogP contribution in [-0.2, 0) is 9.53 Å². The van der Waals surface area contributed by atoms with Gasteiger partial charge in [0.25, 0.3) is 0 Å². The lowest BCUT2D eigenvalue weighted by atomic mass is 10.0. The van der Waals surface area contributed by atoms with Crippen LogP contribution >= 0.6 is 34.7 Å².